The maximum atomic E-state index is 11.0. The average Bonchev–Trinajstić information content (AvgIpc) is 3.23. The number of pyridine rings is 1. The first-order valence-electron chi connectivity index (χ1n) is 8.60. The second-order valence-electron chi connectivity index (χ2n) is 6.33. The number of rotatable bonds is 6. The first-order chi connectivity index (χ1) is 11.7. The molecule has 0 radical (unpaired) electrons. The Morgan fingerprint density at radius 3 is 2.88 bits per heavy atom. The molecule has 1 aliphatic heterocycles. The third-order valence-corrected chi connectivity index (χ3v) is 4.49. The van der Waals surface area contributed by atoms with Crippen LogP contribution in [0.25, 0.3) is 0 Å². The van der Waals surface area contributed by atoms with Crippen molar-refractivity contribution in [3.8, 4) is 0 Å². The lowest BCUT2D eigenvalue weighted by molar-refractivity contribution is -0.119. The summed E-state index contributed by atoms with van der Waals surface area (Å²) in [5.41, 5.74) is 3.40. The molecule has 1 fully saturated rings. The Kier molecular flexibility index (Phi) is 5.25. The minimum absolute atomic E-state index is 0.0197. The molecule has 6 heteroatoms. The van der Waals surface area contributed by atoms with Gasteiger partial charge in [-0.05, 0) is 37.9 Å². The Balaban J connectivity index is 1.65. The zero-order valence-corrected chi connectivity index (χ0v) is 14.4. The first-order valence-corrected chi connectivity index (χ1v) is 8.60. The first kappa shape index (κ1) is 16.6. The van der Waals surface area contributed by atoms with E-state index in [1.165, 1.54) is 18.9 Å². The second-order valence-corrected chi connectivity index (χ2v) is 6.33. The summed E-state index contributed by atoms with van der Waals surface area (Å²) in [6.45, 7) is 7.08. The van der Waals surface area contributed by atoms with E-state index in [1.807, 2.05) is 17.1 Å². The molecular formula is C18H25N5O. The van der Waals surface area contributed by atoms with Gasteiger partial charge in [0.2, 0.25) is 5.91 Å². The van der Waals surface area contributed by atoms with Crippen LogP contribution in [0.1, 0.15) is 49.6 Å². The van der Waals surface area contributed by atoms with Crippen LogP contribution in [0.4, 0.5) is 0 Å². The van der Waals surface area contributed by atoms with Crippen LogP contribution in [0.2, 0.25) is 0 Å². The molecule has 6 nitrogen and oxygen atoms in total. The van der Waals surface area contributed by atoms with Crippen LogP contribution in [-0.2, 0) is 24.4 Å². The Bertz CT molecular complexity index is 679. The van der Waals surface area contributed by atoms with Crippen LogP contribution in [0.15, 0.2) is 30.7 Å². The SMILES string of the molecule is CCn1cc(CN2CCCC2c2ccc(CNC(C)=O)cn2)cn1. The third-order valence-electron chi connectivity index (χ3n) is 4.49. The van der Waals surface area contributed by atoms with Gasteiger partial charge in [-0.3, -0.25) is 19.4 Å². The molecule has 2 aromatic heterocycles. The van der Waals surface area contributed by atoms with Crippen molar-refractivity contribution in [3.05, 3.63) is 47.5 Å². The molecule has 128 valence electrons. The van der Waals surface area contributed by atoms with Crippen molar-refractivity contribution in [1.82, 2.24) is 25.0 Å². The van der Waals surface area contributed by atoms with E-state index < -0.39 is 0 Å². The molecule has 24 heavy (non-hydrogen) atoms. The van der Waals surface area contributed by atoms with E-state index in [-0.39, 0.29) is 5.91 Å². The van der Waals surface area contributed by atoms with Gasteiger partial charge in [0.05, 0.1) is 17.9 Å². The summed E-state index contributed by atoms with van der Waals surface area (Å²) in [6, 6.07) is 4.52. The lowest BCUT2D eigenvalue weighted by Crippen LogP contribution is -2.23. The lowest BCUT2D eigenvalue weighted by atomic mass is 10.1. The third kappa shape index (κ3) is 4.00. The fraction of sp³-hybridized carbons (Fsp3) is 0.500. The molecule has 1 unspecified atom stereocenters. The number of aromatic nitrogens is 3. The molecule has 1 aliphatic rings. The molecule has 0 saturated carbocycles. The molecule has 0 aliphatic carbocycles. The number of carbonyl (C=O) groups excluding carboxylic acids is 1. The fourth-order valence-electron chi connectivity index (χ4n) is 3.21. The zero-order chi connectivity index (χ0) is 16.9. The maximum Gasteiger partial charge on any atom is 0.217 e. The summed E-state index contributed by atoms with van der Waals surface area (Å²) in [6.07, 6.45) is 8.29. The van der Waals surface area contributed by atoms with Crippen LogP contribution in [0.5, 0.6) is 0 Å². The number of nitrogens with one attached hydrogen (secondary N) is 1. The molecule has 0 aromatic carbocycles. The van der Waals surface area contributed by atoms with E-state index in [4.69, 9.17) is 0 Å². The van der Waals surface area contributed by atoms with Gasteiger partial charge in [-0.2, -0.15) is 5.10 Å². The predicted molar refractivity (Wildman–Crippen MR) is 92.0 cm³/mol. The molecule has 1 saturated heterocycles. The standard InChI is InChI=1S/C18H25N5O/c1-3-23-13-16(11-21-23)12-22-8-4-5-18(22)17-7-6-15(10-20-17)9-19-14(2)24/h6-7,10-11,13,18H,3-5,8-9,12H2,1-2H3,(H,19,24). The van der Waals surface area contributed by atoms with E-state index >= 15 is 0 Å². The van der Waals surface area contributed by atoms with E-state index in [1.54, 1.807) is 0 Å². The molecule has 3 heterocycles. The van der Waals surface area contributed by atoms with Crippen molar-refractivity contribution >= 4 is 5.91 Å². The molecular weight excluding hydrogens is 302 g/mol. The van der Waals surface area contributed by atoms with Crippen LogP contribution < -0.4 is 5.32 Å². The van der Waals surface area contributed by atoms with E-state index in [0.717, 1.165) is 37.3 Å². The average molecular weight is 327 g/mol. The number of carbonyl (C=O) groups is 1. The summed E-state index contributed by atoms with van der Waals surface area (Å²) < 4.78 is 1.97. The number of aryl methyl sites for hydroxylation is 1. The van der Waals surface area contributed by atoms with Crippen molar-refractivity contribution in [2.75, 3.05) is 6.54 Å². The number of hydrogen-bond donors (Lipinski definition) is 1. The van der Waals surface area contributed by atoms with Crippen molar-refractivity contribution in [2.24, 2.45) is 0 Å². The Morgan fingerprint density at radius 1 is 1.33 bits per heavy atom. The van der Waals surface area contributed by atoms with Crippen LogP contribution in [0.3, 0.4) is 0 Å². The highest BCUT2D eigenvalue weighted by Gasteiger charge is 2.27. The molecule has 0 bridgehead atoms. The van der Waals surface area contributed by atoms with Gasteiger partial charge in [-0.15, -0.1) is 0 Å². The Morgan fingerprint density at radius 2 is 2.21 bits per heavy atom. The largest absolute Gasteiger partial charge is 0.352 e. The number of nitrogens with zero attached hydrogens (tertiary/aromatic N) is 4. The quantitative estimate of drug-likeness (QED) is 0.884. The number of amides is 1. The highest BCUT2D eigenvalue weighted by molar-refractivity contribution is 5.72. The van der Waals surface area contributed by atoms with Crippen LogP contribution in [-0.4, -0.2) is 32.1 Å². The number of hydrogen-bond acceptors (Lipinski definition) is 4. The van der Waals surface area contributed by atoms with E-state index in [0.29, 0.717) is 12.6 Å². The highest BCUT2D eigenvalue weighted by atomic mass is 16.1. The monoisotopic (exact) mass is 327 g/mol. The van der Waals surface area contributed by atoms with Crippen LogP contribution in [0, 0.1) is 0 Å². The highest BCUT2D eigenvalue weighted by Crippen LogP contribution is 2.32. The van der Waals surface area contributed by atoms with Crippen molar-refractivity contribution in [3.63, 3.8) is 0 Å². The fourth-order valence-corrected chi connectivity index (χ4v) is 3.21. The summed E-state index contributed by atoms with van der Waals surface area (Å²) >= 11 is 0. The Labute approximate surface area is 142 Å². The second kappa shape index (κ2) is 7.57. The summed E-state index contributed by atoms with van der Waals surface area (Å²) in [5.74, 6) is -0.0197. The van der Waals surface area contributed by atoms with Gasteiger partial charge in [-0.1, -0.05) is 6.07 Å². The minimum Gasteiger partial charge on any atom is -0.352 e. The van der Waals surface area contributed by atoms with Crippen LogP contribution >= 0.6 is 0 Å². The molecule has 3 rings (SSSR count). The normalized spacial score (nSPS) is 18.0. The summed E-state index contributed by atoms with van der Waals surface area (Å²) in [7, 11) is 0. The van der Waals surface area contributed by atoms with Gasteiger partial charge in [0.25, 0.3) is 0 Å². The van der Waals surface area contributed by atoms with Gasteiger partial charge in [0.15, 0.2) is 0 Å². The minimum atomic E-state index is -0.0197. The van der Waals surface area contributed by atoms with Gasteiger partial charge in [0, 0.05) is 44.5 Å². The van der Waals surface area contributed by atoms with Crippen molar-refractivity contribution in [1.29, 1.82) is 0 Å². The maximum absolute atomic E-state index is 11.0. The van der Waals surface area contributed by atoms with Gasteiger partial charge < -0.3 is 5.32 Å². The molecule has 1 amide bonds. The summed E-state index contributed by atoms with van der Waals surface area (Å²) in [4.78, 5) is 18.1. The number of likely N-dealkylation sites (tertiary alicyclic amines) is 1. The smallest absolute Gasteiger partial charge is 0.217 e. The predicted octanol–water partition coefficient (Wildman–Crippen LogP) is 2.27. The van der Waals surface area contributed by atoms with E-state index in [9.17, 15) is 4.79 Å². The van der Waals surface area contributed by atoms with Gasteiger partial charge in [-0.25, -0.2) is 0 Å². The molecule has 1 N–H and O–H groups in total. The summed E-state index contributed by atoms with van der Waals surface area (Å²) in [5, 5.41) is 7.16. The molecule has 2 aromatic rings. The topological polar surface area (TPSA) is 63.0 Å². The molecule has 1 atom stereocenters. The molecule has 0 spiro atoms. The Hall–Kier alpha value is -2.21. The van der Waals surface area contributed by atoms with Crippen molar-refractivity contribution < 1.29 is 4.79 Å². The van der Waals surface area contributed by atoms with E-state index in [2.05, 4.69) is 45.6 Å². The van der Waals surface area contributed by atoms with Gasteiger partial charge >= 0.3 is 0 Å². The zero-order valence-electron chi connectivity index (χ0n) is 14.4. The van der Waals surface area contributed by atoms with Gasteiger partial charge in [0.1, 0.15) is 0 Å². The lowest BCUT2D eigenvalue weighted by Gasteiger charge is -2.23. The van der Waals surface area contributed by atoms with Crippen molar-refractivity contribution in [2.45, 2.75) is 52.4 Å².